The van der Waals surface area contributed by atoms with Gasteiger partial charge in [-0.3, -0.25) is 9.78 Å². The number of pyridine rings is 2. The number of piperidine rings is 1. The van der Waals surface area contributed by atoms with Crippen LogP contribution in [0.15, 0.2) is 42.7 Å². The summed E-state index contributed by atoms with van der Waals surface area (Å²) in [5.74, 6) is 1.46. The van der Waals surface area contributed by atoms with Crippen LogP contribution in [0.2, 0.25) is 0 Å². The molecule has 1 saturated heterocycles. The van der Waals surface area contributed by atoms with Gasteiger partial charge >= 0.3 is 0 Å². The summed E-state index contributed by atoms with van der Waals surface area (Å²) in [6, 6.07) is 12.7. The van der Waals surface area contributed by atoms with Crippen molar-refractivity contribution in [1.82, 2.24) is 20.2 Å². The van der Waals surface area contributed by atoms with Crippen molar-refractivity contribution in [2.75, 3.05) is 31.3 Å². The van der Waals surface area contributed by atoms with Gasteiger partial charge in [0.1, 0.15) is 11.8 Å². The molecule has 0 saturated carbocycles. The Bertz CT molecular complexity index is 1420. The molecule has 41 heavy (non-hydrogen) atoms. The maximum absolute atomic E-state index is 12.9. The molecule has 4 heterocycles. The molecule has 1 amide bonds. The highest BCUT2D eigenvalue weighted by Gasteiger charge is 2.29. The summed E-state index contributed by atoms with van der Waals surface area (Å²) >= 11 is 0. The Morgan fingerprint density at radius 1 is 1.15 bits per heavy atom. The van der Waals surface area contributed by atoms with Gasteiger partial charge in [0.05, 0.1) is 11.3 Å². The highest BCUT2D eigenvalue weighted by molar-refractivity contribution is 5.96. The van der Waals surface area contributed by atoms with Gasteiger partial charge in [0.2, 0.25) is 6.79 Å². The first-order valence-electron chi connectivity index (χ1n) is 14.3. The number of rotatable bonds is 9. The van der Waals surface area contributed by atoms with E-state index in [4.69, 9.17) is 14.7 Å². The average Bonchev–Trinajstić information content (AvgIpc) is 3.44. The zero-order chi connectivity index (χ0) is 28.9. The first-order chi connectivity index (χ1) is 19.8. The number of anilines is 1. The molecular formula is C32H38N6O3. The standard InChI is InChI=1S/C32H38N6O3/c1-21-7-11-34-18-25(21)19-38(28-5-6-29-30(16-28)41-20-40-29)27-9-13-37(14-10-27)23(3)8-12-35-32(39)31-22(2)15-26(17-33)36-24(31)4/h5-7,11,15-16,18,23,27H,8-10,12-14,19-20H2,1-4H3,(H,35,39)/t23-/m1/s1. The second kappa shape index (κ2) is 12.6. The number of nitrogens with one attached hydrogen (secondary N) is 1. The second-order valence-corrected chi connectivity index (χ2v) is 11.0. The molecule has 9 heteroatoms. The van der Waals surface area contributed by atoms with Crippen LogP contribution in [0.1, 0.15) is 64.6 Å². The van der Waals surface area contributed by atoms with Crippen molar-refractivity contribution >= 4 is 11.6 Å². The van der Waals surface area contributed by atoms with Gasteiger partial charge in [0.15, 0.2) is 11.5 Å². The third-order valence-electron chi connectivity index (χ3n) is 8.33. The molecule has 0 spiro atoms. The first-order valence-corrected chi connectivity index (χ1v) is 14.3. The summed E-state index contributed by atoms with van der Waals surface area (Å²) < 4.78 is 11.2. The van der Waals surface area contributed by atoms with Gasteiger partial charge in [-0.25, -0.2) is 4.98 Å². The molecule has 1 N–H and O–H groups in total. The van der Waals surface area contributed by atoms with Gasteiger partial charge < -0.3 is 24.6 Å². The molecule has 0 unspecified atom stereocenters. The van der Waals surface area contributed by atoms with Crippen molar-refractivity contribution in [2.45, 2.75) is 65.6 Å². The third-order valence-corrected chi connectivity index (χ3v) is 8.33. The van der Waals surface area contributed by atoms with E-state index in [0.29, 0.717) is 35.6 Å². The van der Waals surface area contributed by atoms with Gasteiger partial charge in [-0.05, 0) is 87.9 Å². The molecule has 2 aliphatic rings. The first kappa shape index (κ1) is 28.4. The van der Waals surface area contributed by atoms with Gasteiger partial charge in [-0.15, -0.1) is 0 Å². The van der Waals surface area contributed by atoms with Gasteiger partial charge in [0.25, 0.3) is 5.91 Å². The van der Waals surface area contributed by atoms with Crippen molar-refractivity contribution in [1.29, 1.82) is 5.26 Å². The normalized spacial score (nSPS) is 15.8. The summed E-state index contributed by atoms with van der Waals surface area (Å²) in [5.41, 5.74) is 5.85. The number of carbonyl (C=O) groups excluding carboxylic acids is 1. The fourth-order valence-corrected chi connectivity index (χ4v) is 5.88. The number of carbonyl (C=O) groups is 1. The molecule has 1 atom stereocenters. The molecule has 9 nitrogen and oxygen atoms in total. The number of benzene rings is 1. The zero-order valence-electron chi connectivity index (χ0n) is 24.3. The Morgan fingerprint density at radius 3 is 2.66 bits per heavy atom. The van der Waals surface area contributed by atoms with Gasteiger partial charge in [-0.2, -0.15) is 5.26 Å². The Labute approximate surface area is 242 Å². The summed E-state index contributed by atoms with van der Waals surface area (Å²) in [6.07, 6.45) is 6.76. The topological polar surface area (TPSA) is 104 Å². The molecule has 0 radical (unpaired) electrons. The minimum atomic E-state index is -0.132. The quantitative estimate of drug-likeness (QED) is 0.407. The number of ether oxygens (including phenoxy) is 2. The van der Waals surface area contributed by atoms with Crippen LogP contribution in [0.4, 0.5) is 5.69 Å². The van der Waals surface area contributed by atoms with Crippen LogP contribution >= 0.6 is 0 Å². The number of hydrogen-bond acceptors (Lipinski definition) is 8. The largest absolute Gasteiger partial charge is 0.454 e. The van der Waals surface area contributed by atoms with E-state index in [1.54, 1.807) is 13.0 Å². The monoisotopic (exact) mass is 554 g/mol. The van der Waals surface area contributed by atoms with E-state index < -0.39 is 0 Å². The van der Waals surface area contributed by atoms with Crippen LogP contribution in [0, 0.1) is 32.1 Å². The summed E-state index contributed by atoms with van der Waals surface area (Å²) in [6.45, 7) is 11.6. The third kappa shape index (κ3) is 6.44. The van der Waals surface area contributed by atoms with Crippen LogP contribution in [0.25, 0.3) is 0 Å². The van der Waals surface area contributed by atoms with Crippen LogP contribution in [0.3, 0.4) is 0 Å². The van der Waals surface area contributed by atoms with Crippen LogP contribution in [-0.2, 0) is 6.54 Å². The average molecular weight is 555 g/mol. The summed E-state index contributed by atoms with van der Waals surface area (Å²) in [5, 5.41) is 12.2. The molecule has 2 aromatic heterocycles. The number of hydrogen-bond donors (Lipinski definition) is 1. The fourth-order valence-electron chi connectivity index (χ4n) is 5.88. The molecule has 1 fully saturated rings. The van der Waals surface area contributed by atoms with Crippen molar-refractivity contribution in [3.8, 4) is 17.6 Å². The number of aryl methyl sites for hydroxylation is 3. The minimum Gasteiger partial charge on any atom is -0.454 e. The lowest BCUT2D eigenvalue weighted by Gasteiger charge is -2.42. The molecule has 1 aromatic carbocycles. The Balaban J connectivity index is 1.19. The van der Waals surface area contributed by atoms with E-state index in [-0.39, 0.29) is 12.7 Å². The predicted molar refractivity (Wildman–Crippen MR) is 157 cm³/mol. The number of nitrogens with zero attached hydrogens (tertiary/aromatic N) is 5. The van der Waals surface area contributed by atoms with Crippen molar-refractivity contribution in [2.24, 2.45) is 0 Å². The van der Waals surface area contributed by atoms with Crippen molar-refractivity contribution < 1.29 is 14.3 Å². The number of aromatic nitrogens is 2. The molecule has 5 rings (SSSR count). The highest BCUT2D eigenvalue weighted by Crippen LogP contribution is 2.37. The number of fused-ring (bicyclic) bond motifs is 1. The number of likely N-dealkylation sites (tertiary alicyclic amines) is 1. The van der Waals surface area contributed by atoms with Gasteiger partial charge in [-0.1, -0.05) is 0 Å². The lowest BCUT2D eigenvalue weighted by molar-refractivity contribution is 0.0943. The lowest BCUT2D eigenvalue weighted by atomic mass is 9.98. The SMILES string of the molecule is Cc1ccncc1CN(c1ccc2c(c1)OCO2)C1CCN([C@H](C)CCNC(=O)c2c(C)cc(C#N)nc2C)CC1. The predicted octanol–water partition coefficient (Wildman–Crippen LogP) is 4.68. The summed E-state index contributed by atoms with van der Waals surface area (Å²) in [7, 11) is 0. The molecule has 0 bridgehead atoms. The van der Waals surface area contributed by atoms with Crippen molar-refractivity contribution in [3.05, 3.63) is 76.4 Å². The second-order valence-electron chi connectivity index (χ2n) is 11.0. The van der Waals surface area contributed by atoms with Crippen LogP contribution in [0.5, 0.6) is 11.5 Å². The van der Waals surface area contributed by atoms with Crippen LogP contribution < -0.4 is 19.7 Å². The molecule has 3 aromatic rings. The smallest absolute Gasteiger partial charge is 0.253 e. The van der Waals surface area contributed by atoms with E-state index in [1.165, 1.54) is 11.1 Å². The maximum atomic E-state index is 12.9. The molecule has 0 aliphatic carbocycles. The van der Waals surface area contributed by atoms with E-state index in [2.05, 4.69) is 57.1 Å². The number of nitriles is 1. The van der Waals surface area contributed by atoms with E-state index in [9.17, 15) is 4.79 Å². The number of amides is 1. The molecule has 214 valence electrons. The van der Waals surface area contributed by atoms with E-state index in [0.717, 1.165) is 61.6 Å². The zero-order valence-corrected chi connectivity index (χ0v) is 24.3. The van der Waals surface area contributed by atoms with Gasteiger partial charge in [0, 0.05) is 62.4 Å². The fraction of sp³-hybridized carbons (Fsp3) is 0.438. The Kier molecular flexibility index (Phi) is 8.70. The summed E-state index contributed by atoms with van der Waals surface area (Å²) in [4.78, 5) is 26.5. The lowest BCUT2D eigenvalue weighted by Crippen LogP contribution is -2.48. The van der Waals surface area contributed by atoms with E-state index >= 15 is 0 Å². The highest BCUT2D eigenvalue weighted by atomic mass is 16.7. The Morgan fingerprint density at radius 2 is 1.93 bits per heavy atom. The van der Waals surface area contributed by atoms with Crippen LogP contribution in [-0.4, -0.2) is 59.3 Å². The van der Waals surface area contributed by atoms with E-state index in [1.807, 2.05) is 31.5 Å². The molecule has 2 aliphatic heterocycles. The molecular weight excluding hydrogens is 516 g/mol. The minimum absolute atomic E-state index is 0.132. The Hall–Kier alpha value is -4.16. The maximum Gasteiger partial charge on any atom is 0.253 e. The van der Waals surface area contributed by atoms with Crippen molar-refractivity contribution in [3.63, 3.8) is 0 Å².